The van der Waals surface area contributed by atoms with Gasteiger partial charge in [-0.1, -0.05) is 52.1 Å². The molecule has 2 aliphatic rings. The minimum atomic E-state index is -0.619. The van der Waals surface area contributed by atoms with Crippen LogP contribution in [-0.2, 0) is 13.0 Å². The molecule has 0 bridgehead atoms. The van der Waals surface area contributed by atoms with Crippen molar-refractivity contribution in [1.29, 1.82) is 0 Å². The highest BCUT2D eigenvalue weighted by molar-refractivity contribution is 5.85. The van der Waals surface area contributed by atoms with Crippen LogP contribution in [0.2, 0.25) is 0 Å². The molecule has 9 heteroatoms. The molecule has 3 aromatic heterocycles. The van der Waals surface area contributed by atoms with E-state index in [1.54, 1.807) is 0 Å². The second-order valence-electron chi connectivity index (χ2n) is 12.1. The van der Waals surface area contributed by atoms with E-state index >= 15 is 0 Å². The van der Waals surface area contributed by atoms with E-state index in [0.29, 0.717) is 23.3 Å². The maximum absolute atomic E-state index is 11.6. The van der Waals surface area contributed by atoms with Crippen LogP contribution in [0.25, 0.3) is 22.8 Å². The SMILES string of the molecule is CC1CCC(Cn2c(CC(C)(C)C)nc3nc(-c4noc(=O)[nH]4)nc(N[C@H](C)C4CCC4)c32)CC1. The third-order valence-electron chi connectivity index (χ3n) is 7.82. The third kappa shape index (κ3) is 5.28. The molecule has 0 amide bonds. The molecule has 9 nitrogen and oxygen atoms in total. The summed E-state index contributed by atoms with van der Waals surface area (Å²) in [7, 11) is 0. The van der Waals surface area contributed by atoms with Crippen LogP contribution in [-0.4, -0.2) is 35.7 Å². The van der Waals surface area contributed by atoms with Gasteiger partial charge in [-0.15, -0.1) is 0 Å². The number of anilines is 1. The normalized spacial score (nSPS) is 22.3. The van der Waals surface area contributed by atoms with Gasteiger partial charge in [0.25, 0.3) is 0 Å². The Hall–Kier alpha value is -2.71. The summed E-state index contributed by atoms with van der Waals surface area (Å²) in [6.45, 7) is 12.3. The molecule has 2 fully saturated rings. The quantitative estimate of drug-likeness (QED) is 0.477. The van der Waals surface area contributed by atoms with Gasteiger partial charge in [0.05, 0.1) is 0 Å². The molecule has 5 rings (SSSR count). The molecular weight excluding hydrogens is 442 g/mol. The van der Waals surface area contributed by atoms with E-state index in [2.05, 4.69) is 54.6 Å². The summed E-state index contributed by atoms with van der Waals surface area (Å²) in [6, 6.07) is 0.288. The summed E-state index contributed by atoms with van der Waals surface area (Å²) >= 11 is 0. The zero-order chi connectivity index (χ0) is 24.7. The fourth-order valence-electron chi connectivity index (χ4n) is 5.46. The average Bonchev–Trinajstić information content (AvgIpc) is 3.31. The van der Waals surface area contributed by atoms with Crippen LogP contribution in [0, 0.1) is 23.2 Å². The molecule has 2 saturated carbocycles. The van der Waals surface area contributed by atoms with Crippen molar-refractivity contribution in [3.63, 3.8) is 0 Å². The van der Waals surface area contributed by atoms with Crippen LogP contribution in [0.5, 0.6) is 0 Å². The molecule has 35 heavy (non-hydrogen) atoms. The monoisotopic (exact) mass is 481 g/mol. The lowest BCUT2D eigenvalue weighted by Crippen LogP contribution is -2.31. The van der Waals surface area contributed by atoms with E-state index in [1.807, 2.05) is 0 Å². The number of aromatic amines is 1. The van der Waals surface area contributed by atoms with Crippen molar-refractivity contribution >= 4 is 17.0 Å². The van der Waals surface area contributed by atoms with Gasteiger partial charge in [0.15, 0.2) is 11.5 Å². The summed E-state index contributed by atoms with van der Waals surface area (Å²) in [5, 5.41) is 7.54. The Balaban J connectivity index is 1.62. The minimum Gasteiger partial charge on any atom is -0.365 e. The first kappa shape index (κ1) is 24.0. The lowest BCUT2D eigenvalue weighted by atomic mass is 9.80. The van der Waals surface area contributed by atoms with E-state index in [1.165, 1.54) is 44.9 Å². The molecule has 0 spiro atoms. The Labute approximate surface area is 206 Å². The van der Waals surface area contributed by atoms with Crippen molar-refractivity contribution < 1.29 is 4.52 Å². The Kier molecular flexibility index (Phi) is 6.44. The maximum atomic E-state index is 11.6. The van der Waals surface area contributed by atoms with Gasteiger partial charge in [-0.05, 0) is 55.8 Å². The van der Waals surface area contributed by atoms with Crippen molar-refractivity contribution in [2.24, 2.45) is 23.2 Å². The van der Waals surface area contributed by atoms with Crippen molar-refractivity contribution in [2.45, 2.75) is 98.6 Å². The minimum absolute atomic E-state index is 0.0840. The number of hydrogen-bond donors (Lipinski definition) is 2. The molecule has 0 saturated heterocycles. The number of rotatable bonds is 7. The van der Waals surface area contributed by atoms with Gasteiger partial charge in [-0.3, -0.25) is 9.51 Å². The predicted octanol–water partition coefficient (Wildman–Crippen LogP) is 5.19. The summed E-state index contributed by atoms with van der Waals surface area (Å²) < 4.78 is 7.11. The van der Waals surface area contributed by atoms with E-state index in [-0.39, 0.29) is 17.3 Å². The van der Waals surface area contributed by atoms with Gasteiger partial charge in [-0.2, -0.15) is 0 Å². The first-order chi connectivity index (χ1) is 16.7. The highest BCUT2D eigenvalue weighted by Crippen LogP contribution is 2.35. The van der Waals surface area contributed by atoms with E-state index in [4.69, 9.17) is 19.5 Å². The van der Waals surface area contributed by atoms with Gasteiger partial charge in [0.2, 0.25) is 11.6 Å². The molecule has 2 aliphatic carbocycles. The maximum Gasteiger partial charge on any atom is 0.439 e. The van der Waals surface area contributed by atoms with Crippen LogP contribution in [0.4, 0.5) is 5.82 Å². The van der Waals surface area contributed by atoms with Crippen molar-refractivity contribution in [3.8, 4) is 11.6 Å². The number of imidazole rings is 1. The molecule has 3 heterocycles. The third-order valence-corrected chi connectivity index (χ3v) is 7.82. The molecular formula is C26H39N7O2. The largest absolute Gasteiger partial charge is 0.439 e. The van der Waals surface area contributed by atoms with Crippen molar-refractivity contribution in [3.05, 3.63) is 16.4 Å². The number of nitrogens with zero attached hydrogens (tertiary/aromatic N) is 5. The average molecular weight is 482 g/mol. The van der Waals surface area contributed by atoms with Crippen LogP contribution in [0.15, 0.2) is 9.32 Å². The molecule has 2 N–H and O–H groups in total. The van der Waals surface area contributed by atoms with E-state index in [0.717, 1.165) is 36.0 Å². The number of hydrogen-bond acceptors (Lipinski definition) is 7. The smallest absolute Gasteiger partial charge is 0.365 e. The van der Waals surface area contributed by atoms with Gasteiger partial charge >= 0.3 is 5.76 Å². The molecule has 3 aromatic rings. The lowest BCUT2D eigenvalue weighted by Gasteiger charge is -2.32. The second-order valence-corrected chi connectivity index (χ2v) is 12.1. The standard InChI is InChI=1S/C26H39N7O2/c1-15-9-11-17(12-10-15)14-33-19(13-26(3,4)5)28-22-20(33)21(27-16(2)18-7-6-8-18)29-23(30-22)24-31-25(34)35-32-24/h15-18H,6-14H2,1-5H3,(H,27,29,30)(H,31,32,34)/t15?,16-,17?/m1/s1. The summed E-state index contributed by atoms with van der Waals surface area (Å²) in [5.41, 5.74) is 1.69. The van der Waals surface area contributed by atoms with Crippen molar-refractivity contribution in [2.75, 3.05) is 5.32 Å². The molecule has 0 aromatic carbocycles. The predicted molar refractivity (Wildman–Crippen MR) is 136 cm³/mol. The molecule has 1 atom stereocenters. The fraction of sp³-hybridized carbons (Fsp3) is 0.731. The number of H-pyrrole nitrogens is 1. The zero-order valence-corrected chi connectivity index (χ0v) is 21.7. The molecule has 190 valence electrons. The molecule has 0 aliphatic heterocycles. The van der Waals surface area contributed by atoms with Crippen LogP contribution < -0.4 is 11.1 Å². The first-order valence-corrected chi connectivity index (χ1v) is 13.3. The lowest BCUT2D eigenvalue weighted by molar-refractivity contribution is 0.262. The number of fused-ring (bicyclic) bond motifs is 1. The van der Waals surface area contributed by atoms with Crippen LogP contribution in [0.1, 0.15) is 85.4 Å². The van der Waals surface area contributed by atoms with Gasteiger partial charge in [-0.25, -0.2) is 19.7 Å². The van der Waals surface area contributed by atoms with E-state index in [9.17, 15) is 4.79 Å². The highest BCUT2D eigenvalue weighted by Gasteiger charge is 2.29. The number of aromatic nitrogens is 6. The van der Waals surface area contributed by atoms with E-state index < -0.39 is 5.76 Å². The van der Waals surface area contributed by atoms with Crippen LogP contribution in [0.3, 0.4) is 0 Å². The van der Waals surface area contributed by atoms with Crippen molar-refractivity contribution in [1.82, 2.24) is 29.7 Å². The molecule has 0 unspecified atom stereocenters. The Morgan fingerprint density at radius 1 is 1.11 bits per heavy atom. The van der Waals surface area contributed by atoms with Gasteiger partial charge in [0.1, 0.15) is 11.3 Å². The Morgan fingerprint density at radius 3 is 2.46 bits per heavy atom. The topological polar surface area (TPSA) is 115 Å². The van der Waals surface area contributed by atoms with Gasteiger partial charge in [0, 0.05) is 19.0 Å². The summed E-state index contributed by atoms with van der Waals surface area (Å²) in [6.07, 6.45) is 9.68. The Morgan fingerprint density at radius 2 is 1.86 bits per heavy atom. The fourth-order valence-corrected chi connectivity index (χ4v) is 5.46. The Bertz CT molecular complexity index is 1220. The second kappa shape index (κ2) is 9.39. The highest BCUT2D eigenvalue weighted by atomic mass is 16.5. The summed E-state index contributed by atoms with van der Waals surface area (Å²) in [5.74, 6) is 3.83. The molecule has 0 radical (unpaired) electrons. The van der Waals surface area contributed by atoms with Crippen LogP contribution >= 0.6 is 0 Å². The van der Waals surface area contributed by atoms with Gasteiger partial charge < -0.3 is 9.88 Å². The number of nitrogens with one attached hydrogen (secondary N) is 2. The first-order valence-electron chi connectivity index (χ1n) is 13.3. The summed E-state index contributed by atoms with van der Waals surface area (Å²) in [4.78, 5) is 28.9. The zero-order valence-electron chi connectivity index (χ0n) is 21.7.